The van der Waals surface area contributed by atoms with Gasteiger partial charge in [-0.1, -0.05) is 0 Å². The minimum atomic E-state index is 0.197. The predicted octanol–water partition coefficient (Wildman–Crippen LogP) is 0.461. The second kappa shape index (κ2) is 7.56. The molecule has 7 nitrogen and oxygen atoms in total. The van der Waals surface area contributed by atoms with E-state index in [1.165, 1.54) is 0 Å². The number of β-amino-alcohol motifs (C(OH)–C–C–N with tert-alkyl or cyclic N) is 1. The molecular formula is C12H21ClN6O. The third-order valence-electron chi connectivity index (χ3n) is 3.22. The fraction of sp³-hybridized carbons (Fsp3) is 0.750. The van der Waals surface area contributed by atoms with Crippen molar-refractivity contribution >= 4 is 23.5 Å². The Morgan fingerprint density at radius 2 is 2.05 bits per heavy atom. The molecule has 2 rings (SSSR count). The summed E-state index contributed by atoms with van der Waals surface area (Å²) in [7, 11) is 0. The van der Waals surface area contributed by atoms with Crippen LogP contribution in [0, 0.1) is 0 Å². The molecule has 0 spiro atoms. The maximum absolute atomic E-state index is 9.01. The van der Waals surface area contributed by atoms with Crippen LogP contribution in [0.15, 0.2) is 0 Å². The minimum Gasteiger partial charge on any atom is -0.395 e. The van der Waals surface area contributed by atoms with Crippen LogP contribution in [0.4, 0.5) is 11.9 Å². The summed E-state index contributed by atoms with van der Waals surface area (Å²) in [6, 6.07) is 0. The molecule has 0 amide bonds. The average Bonchev–Trinajstić information content (AvgIpc) is 2.65. The Bertz CT molecular complexity index is 432. The van der Waals surface area contributed by atoms with Crippen molar-refractivity contribution < 1.29 is 5.11 Å². The van der Waals surface area contributed by atoms with Gasteiger partial charge in [-0.2, -0.15) is 15.0 Å². The van der Waals surface area contributed by atoms with E-state index in [1.807, 2.05) is 6.92 Å². The lowest BCUT2D eigenvalue weighted by molar-refractivity contribution is 0.204. The summed E-state index contributed by atoms with van der Waals surface area (Å²) < 4.78 is 0. The van der Waals surface area contributed by atoms with Gasteiger partial charge in [-0.25, -0.2) is 0 Å². The van der Waals surface area contributed by atoms with Gasteiger partial charge >= 0.3 is 0 Å². The number of nitrogens with zero attached hydrogens (tertiary/aromatic N) is 5. The summed E-state index contributed by atoms with van der Waals surface area (Å²) in [6.07, 6.45) is 1.01. The summed E-state index contributed by atoms with van der Waals surface area (Å²) in [5.41, 5.74) is 0. The third kappa shape index (κ3) is 4.16. The number of hydrogen-bond donors (Lipinski definition) is 2. The average molecular weight is 301 g/mol. The lowest BCUT2D eigenvalue weighted by Crippen LogP contribution is -2.33. The van der Waals surface area contributed by atoms with E-state index < -0.39 is 0 Å². The molecule has 0 atom stereocenters. The van der Waals surface area contributed by atoms with Gasteiger partial charge in [-0.05, 0) is 31.5 Å². The largest absolute Gasteiger partial charge is 0.395 e. The first-order valence-corrected chi connectivity index (χ1v) is 7.34. The molecule has 0 radical (unpaired) electrons. The van der Waals surface area contributed by atoms with E-state index in [1.54, 1.807) is 0 Å². The summed E-state index contributed by atoms with van der Waals surface area (Å²) >= 11 is 5.95. The molecule has 1 saturated heterocycles. The van der Waals surface area contributed by atoms with Crippen LogP contribution in [0.5, 0.6) is 0 Å². The smallest absolute Gasteiger partial charge is 0.231 e. The summed E-state index contributed by atoms with van der Waals surface area (Å²) in [6.45, 7) is 7.22. The van der Waals surface area contributed by atoms with Crippen molar-refractivity contribution in [2.75, 3.05) is 56.1 Å². The minimum absolute atomic E-state index is 0.197. The second-order valence-electron chi connectivity index (χ2n) is 4.66. The quantitative estimate of drug-likeness (QED) is 0.818. The highest BCUT2D eigenvalue weighted by Crippen LogP contribution is 2.15. The Balaban J connectivity index is 2.07. The van der Waals surface area contributed by atoms with Crippen LogP contribution in [0.2, 0.25) is 5.28 Å². The lowest BCUT2D eigenvalue weighted by Gasteiger charge is -2.21. The van der Waals surface area contributed by atoms with Crippen molar-refractivity contribution in [3.63, 3.8) is 0 Å². The molecule has 1 aliphatic heterocycles. The molecule has 1 aromatic heterocycles. The number of aromatic nitrogens is 3. The van der Waals surface area contributed by atoms with Crippen molar-refractivity contribution in [1.82, 2.24) is 19.9 Å². The normalized spacial score (nSPS) is 17.1. The van der Waals surface area contributed by atoms with E-state index in [4.69, 9.17) is 16.7 Å². The monoisotopic (exact) mass is 300 g/mol. The van der Waals surface area contributed by atoms with Crippen molar-refractivity contribution in [2.45, 2.75) is 13.3 Å². The zero-order chi connectivity index (χ0) is 14.4. The van der Waals surface area contributed by atoms with Gasteiger partial charge in [-0.15, -0.1) is 0 Å². The van der Waals surface area contributed by atoms with Gasteiger partial charge < -0.3 is 15.3 Å². The van der Waals surface area contributed by atoms with Crippen molar-refractivity contribution in [3.8, 4) is 0 Å². The van der Waals surface area contributed by atoms with Gasteiger partial charge in [-0.3, -0.25) is 4.90 Å². The van der Waals surface area contributed by atoms with Crippen LogP contribution in [0.3, 0.4) is 0 Å². The fourth-order valence-electron chi connectivity index (χ4n) is 2.25. The van der Waals surface area contributed by atoms with Crippen molar-refractivity contribution in [1.29, 1.82) is 0 Å². The van der Waals surface area contributed by atoms with E-state index in [-0.39, 0.29) is 11.9 Å². The molecule has 20 heavy (non-hydrogen) atoms. The number of hydrogen-bond acceptors (Lipinski definition) is 7. The summed E-state index contributed by atoms with van der Waals surface area (Å²) in [4.78, 5) is 17.0. The molecule has 1 aliphatic rings. The van der Waals surface area contributed by atoms with Crippen LogP contribution >= 0.6 is 11.6 Å². The molecule has 8 heteroatoms. The van der Waals surface area contributed by atoms with Gasteiger partial charge in [0.25, 0.3) is 0 Å². The van der Waals surface area contributed by atoms with Crippen LogP contribution < -0.4 is 10.2 Å². The highest BCUT2D eigenvalue weighted by atomic mass is 35.5. The third-order valence-corrected chi connectivity index (χ3v) is 3.39. The van der Waals surface area contributed by atoms with Crippen LogP contribution in [-0.4, -0.2) is 70.8 Å². The number of rotatable bonds is 5. The molecule has 2 heterocycles. The molecule has 0 unspecified atom stereocenters. The zero-order valence-electron chi connectivity index (χ0n) is 11.7. The van der Waals surface area contributed by atoms with Crippen molar-refractivity contribution in [3.05, 3.63) is 5.28 Å². The number of nitrogens with one attached hydrogen (secondary N) is 1. The molecule has 0 aromatic carbocycles. The Kier molecular flexibility index (Phi) is 5.75. The lowest BCUT2D eigenvalue weighted by atomic mass is 10.4. The molecule has 0 bridgehead atoms. The standard InChI is InChI=1S/C12H21ClN6O/c1-2-14-11-15-10(13)16-12(17-11)19-5-3-4-18(6-7-19)8-9-20/h20H,2-9H2,1H3,(H,14,15,16,17). The predicted molar refractivity (Wildman–Crippen MR) is 79.4 cm³/mol. The fourth-order valence-corrected chi connectivity index (χ4v) is 2.41. The van der Waals surface area contributed by atoms with Gasteiger partial charge in [0.1, 0.15) is 0 Å². The molecule has 1 aromatic rings. The Morgan fingerprint density at radius 1 is 1.20 bits per heavy atom. The molecular weight excluding hydrogens is 280 g/mol. The first kappa shape index (κ1) is 15.2. The maximum atomic E-state index is 9.01. The topological polar surface area (TPSA) is 77.4 Å². The molecule has 0 aliphatic carbocycles. The summed E-state index contributed by atoms with van der Waals surface area (Å²) in [5.74, 6) is 1.13. The number of anilines is 2. The zero-order valence-corrected chi connectivity index (χ0v) is 12.5. The SMILES string of the molecule is CCNc1nc(Cl)nc(N2CCCN(CCO)CC2)n1. The Morgan fingerprint density at radius 3 is 2.80 bits per heavy atom. The maximum Gasteiger partial charge on any atom is 0.231 e. The van der Waals surface area contributed by atoms with Crippen LogP contribution in [-0.2, 0) is 0 Å². The number of halogens is 1. The van der Waals surface area contributed by atoms with E-state index in [0.29, 0.717) is 18.4 Å². The Labute approximate surface area is 124 Å². The summed E-state index contributed by atoms with van der Waals surface area (Å²) in [5, 5.41) is 12.3. The van der Waals surface area contributed by atoms with Crippen molar-refractivity contribution in [2.24, 2.45) is 0 Å². The highest BCUT2D eigenvalue weighted by Gasteiger charge is 2.18. The van der Waals surface area contributed by atoms with E-state index >= 15 is 0 Å². The number of aliphatic hydroxyl groups is 1. The highest BCUT2D eigenvalue weighted by molar-refractivity contribution is 6.28. The van der Waals surface area contributed by atoms with E-state index in [2.05, 4.69) is 30.1 Å². The molecule has 112 valence electrons. The molecule has 1 fully saturated rings. The van der Waals surface area contributed by atoms with Gasteiger partial charge in [0.05, 0.1) is 6.61 Å². The van der Waals surface area contributed by atoms with E-state index in [0.717, 1.165) is 39.1 Å². The van der Waals surface area contributed by atoms with Crippen LogP contribution in [0.25, 0.3) is 0 Å². The first-order chi connectivity index (χ1) is 9.72. The molecule has 2 N–H and O–H groups in total. The van der Waals surface area contributed by atoms with E-state index in [9.17, 15) is 0 Å². The van der Waals surface area contributed by atoms with Gasteiger partial charge in [0, 0.05) is 32.7 Å². The number of aliphatic hydroxyl groups excluding tert-OH is 1. The van der Waals surface area contributed by atoms with Gasteiger partial charge in [0.2, 0.25) is 17.2 Å². The second-order valence-corrected chi connectivity index (χ2v) is 5.00. The van der Waals surface area contributed by atoms with Crippen LogP contribution in [0.1, 0.15) is 13.3 Å². The Hall–Kier alpha value is -1.18. The molecule has 0 saturated carbocycles. The van der Waals surface area contributed by atoms with Gasteiger partial charge in [0.15, 0.2) is 0 Å². The first-order valence-electron chi connectivity index (χ1n) is 6.96.